The second-order valence-corrected chi connectivity index (χ2v) is 4.15. The van der Waals surface area contributed by atoms with Gasteiger partial charge in [-0.05, 0) is 6.07 Å². The van der Waals surface area contributed by atoms with Gasteiger partial charge in [-0.15, -0.1) is 0 Å². The standard InChI is InChI=1S/C8H6ClNO5S/c9-7-2-1-5(10(12)13)3-6(7)8(11)4-16(14)15/h1-3H,4H2,(H,14,15). The monoisotopic (exact) mass is 263 g/mol. The Morgan fingerprint density at radius 3 is 2.69 bits per heavy atom. The van der Waals surface area contributed by atoms with Crippen molar-refractivity contribution in [3.8, 4) is 0 Å². The highest BCUT2D eigenvalue weighted by atomic mass is 35.5. The summed E-state index contributed by atoms with van der Waals surface area (Å²) in [5.74, 6) is -1.35. The Morgan fingerprint density at radius 1 is 1.56 bits per heavy atom. The zero-order chi connectivity index (χ0) is 12.3. The fraction of sp³-hybridized carbons (Fsp3) is 0.125. The van der Waals surface area contributed by atoms with Crippen LogP contribution in [0.25, 0.3) is 0 Å². The average Bonchev–Trinajstić information content (AvgIpc) is 2.16. The molecule has 0 aliphatic rings. The summed E-state index contributed by atoms with van der Waals surface area (Å²) in [4.78, 5) is 21.2. The number of carbonyl (C=O) groups is 1. The van der Waals surface area contributed by atoms with Crippen molar-refractivity contribution < 1.29 is 18.5 Å². The first-order valence-electron chi connectivity index (χ1n) is 3.96. The molecule has 0 aliphatic heterocycles. The second kappa shape index (κ2) is 5.15. The van der Waals surface area contributed by atoms with E-state index in [0.717, 1.165) is 12.1 Å². The SMILES string of the molecule is O=C(CS(=O)O)c1cc([N+](=O)[O-])ccc1Cl. The lowest BCUT2D eigenvalue weighted by molar-refractivity contribution is -0.384. The van der Waals surface area contributed by atoms with Crippen molar-refractivity contribution in [2.75, 3.05) is 5.75 Å². The van der Waals surface area contributed by atoms with Crippen LogP contribution in [-0.4, -0.2) is 25.2 Å². The summed E-state index contributed by atoms with van der Waals surface area (Å²) in [5, 5.41) is 10.5. The van der Waals surface area contributed by atoms with Crippen molar-refractivity contribution in [2.24, 2.45) is 0 Å². The van der Waals surface area contributed by atoms with Gasteiger partial charge in [0.15, 0.2) is 16.9 Å². The van der Waals surface area contributed by atoms with Crippen LogP contribution in [0.1, 0.15) is 10.4 Å². The number of nitrogens with zero attached hydrogens (tertiary/aromatic N) is 1. The average molecular weight is 264 g/mol. The van der Waals surface area contributed by atoms with Gasteiger partial charge in [0.1, 0.15) is 5.75 Å². The minimum Gasteiger partial charge on any atom is -0.306 e. The normalized spacial score (nSPS) is 12.1. The molecular weight excluding hydrogens is 258 g/mol. The quantitative estimate of drug-likeness (QED) is 0.385. The van der Waals surface area contributed by atoms with Crippen LogP contribution in [0.5, 0.6) is 0 Å². The number of non-ortho nitro benzene ring substituents is 1. The van der Waals surface area contributed by atoms with Gasteiger partial charge < -0.3 is 4.55 Å². The van der Waals surface area contributed by atoms with Crippen LogP contribution >= 0.6 is 11.6 Å². The number of nitro groups is 1. The lowest BCUT2D eigenvalue weighted by Gasteiger charge is -2.01. The molecule has 0 bridgehead atoms. The number of benzene rings is 1. The molecule has 8 heteroatoms. The summed E-state index contributed by atoms with van der Waals surface area (Å²) >= 11 is 3.36. The molecule has 1 aromatic rings. The molecule has 0 aromatic heterocycles. The van der Waals surface area contributed by atoms with E-state index < -0.39 is 27.5 Å². The minimum atomic E-state index is -2.30. The minimum absolute atomic E-state index is 0.0149. The third-order valence-corrected chi connectivity index (χ3v) is 2.55. The Bertz CT molecular complexity index is 475. The number of rotatable bonds is 4. The molecule has 86 valence electrons. The number of ketones is 1. The summed E-state index contributed by atoms with van der Waals surface area (Å²) < 4.78 is 19.0. The van der Waals surface area contributed by atoms with Crippen molar-refractivity contribution in [3.63, 3.8) is 0 Å². The first kappa shape index (κ1) is 12.8. The smallest absolute Gasteiger partial charge is 0.270 e. The Hall–Kier alpha value is -1.31. The molecule has 1 N–H and O–H groups in total. The van der Waals surface area contributed by atoms with E-state index in [1.54, 1.807) is 0 Å². The molecule has 0 heterocycles. The maximum Gasteiger partial charge on any atom is 0.270 e. The first-order chi connectivity index (χ1) is 7.41. The van der Waals surface area contributed by atoms with Gasteiger partial charge in [-0.25, -0.2) is 4.21 Å². The van der Waals surface area contributed by atoms with Crippen LogP contribution in [0, 0.1) is 10.1 Å². The molecule has 0 fully saturated rings. The van der Waals surface area contributed by atoms with Gasteiger partial charge in [0.05, 0.1) is 9.95 Å². The molecule has 0 saturated carbocycles. The fourth-order valence-corrected chi connectivity index (χ4v) is 1.63. The predicted octanol–water partition coefficient (Wildman–Crippen LogP) is 1.65. The van der Waals surface area contributed by atoms with Crippen molar-refractivity contribution in [1.82, 2.24) is 0 Å². The van der Waals surface area contributed by atoms with Crippen molar-refractivity contribution in [2.45, 2.75) is 0 Å². The van der Waals surface area contributed by atoms with Gasteiger partial charge in [0.2, 0.25) is 0 Å². The number of nitro benzene ring substituents is 1. The Balaban J connectivity index is 3.11. The maximum atomic E-state index is 11.4. The molecule has 6 nitrogen and oxygen atoms in total. The van der Waals surface area contributed by atoms with E-state index in [-0.39, 0.29) is 16.3 Å². The Morgan fingerprint density at radius 2 is 2.19 bits per heavy atom. The van der Waals surface area contributed by atoms with Crippen LogP contribution in [0.2, 0.25) is 5.02 Å². The maximum absolute atomic E-state index is 11.4. The summed E-state index contributed by atoms with van der Waals surface area (Å²) in [7, 11) is 0. The van der Waals surface area contributed by atoms with Gasteiger partial charge in [0.25, 0.3) is 5.69 Å². The molecule has 1 unspecified atom stereocenters. The molecule has 1 rings (SSSR count). The van der Waals surface area contributed by atoms with E-state index in [9.17, 15) is 19.1 Å². The third-order valence-electron chi connectivity index (χ3n) is 1.72. The van der Waals surface area contributed by atoms with Crippen molar-refractivity contribution in [3.05, 3.63) is 38.9 Å². The van der Waals surface area contributed by atoms with Crippen LogP contribution < -0.4 is 0 Å². The van der Waals surface area contributed by atoms with E-state index in [1.807, 2.05) is 0 Å². The van der Waals surface area contributed by atoms with Gasteiger partial charge in [0, 0.05) is 17.7 Å². The summed E-state index contributed by atoms with van der Waals surface area (Å²) in [6, 6.07) is 3.33. The summed E-state index contributed by atoms with van der Waals surface area (Å²) in [5.41, 5.74) is -0.422. The number of hydrogen-bond donors (Lipinski definition) is 1. The predicted molar refractivity (Wildman–Crippen MR) is 58.1 cm³/mol. The highest BCUT2D eigenvalue weighted by Crippen LogP contribution is 2.22. The third kappa shape index (κ3) is 3.09. The lowest BCUT2D eigenvalue weighted by atomic mass is 10.1. The Labute approximate surface area is 97.7 Å². The van der Waals surface area contributed by atoms with Gasteiger partial charge >= 0.3 is 0 Å². The first-order valence-corrected chi connectivity index (χ1v) is 5.62. The van der Waals surface area contributed by atoms with Crippen LogP contribution in [-0.2, 0) is 11.1 Å². The molecule has 0 aliphatic carbocycles. The summed E-state index contributed by atoms with van der Waals surface area (Å²) in [6.07, 6.45) is 0. The van der Waals surface area contributed by atoms with E-state index in [2.05, 4.69) is 0 Å². The van der Waals surface area contributed by atoms with E-state index in [4.69, 9.17) is 16.2 Å². The second-order valence-electron chi connectivity index (χ2n) is 2.81. The molecule has 0 saturated heterocycles. The Kier molecular flexibility index (Phi) is 4.11. The van der Waals surface area contributed by atoms with Crippen LogP contribution in [0.15, 0.2) is 18.2 Å². The van der Waals surface area contributed by atoms with E-state index >= 15 is 0 Å². The number of carbonyl (C=O) groups excluding carboxylic acids is 1. The van der Waals surface area contributed by atoms with Crippen molar-refractivity contribution >= 4 is 34.2 Å². The van der Waals surface area contributed by atoms with Crippen LogP contribution in [0.4, 0.5) is 5.69 Å². The number of Topliss-reactive ketones (excluding diaryl/α,β-unsaturated/α-hetero) is 1. The van der Waals surface area contributed by atoms with Crippen LogP contribution in [0.3, 0.4) is 0 Å². The van der Waals surface area contributed by atoms with Gasteiger partial charge in [-0.2, -0.15) is 0 Å². The topological polar surface area (TPSA) is 97.5 Å². The molecule has 0 radical (unpaired) electrons. The molecule has 1 aromatic carbocycles. The molecule has 0 amide bonds. The zero-order valence-corrected chi connectivity index (χ0v) is 9.33. The van der Waals surface area contributed by atoms with Gasteiger partial charge in [-0.1, -0.05) is 11.6 Å². The highest BCUT2D eigenvalue weighted by molar-refractivity contribution is 7.80. The molecule has 0 spiro atoms. The number of halogens is 1. The lowest BCUT2D eigenvalue weighted by Crippen LogP contribution is -2.10. The molecule has 16 heavy (non-hydrogen) atoms. The number of hydrogen-bond acceptors (Lipinski definition) is 4. The van der Waals surface area contributed by atoms with Crippen molar-refractivity contribution in [1.29, 1.82) is 0 Å². The van der Waals surface area contributed by atoms with E-state index in [1.165, 1.54) is 6.07 Å². The summed E-state index contributed by atoms with van der Waals surface area (Å²) in [6.45, 7) is 0. The molecular formula is C8H6ClNO5S. The largest absolute Gasteiger partial charge is 0.306 e. The van der Waals surface area contributed by atoms with E-state index in [0.29, 0.717) is 0 Å². The molecule has 1 atom stereocenters. The zero-order valence-electron chi connectivity index (χ0n) is 7.75. The van der Waals surface area contributed by atoms with Gasteiger partial charge in [-0.3, -0.25) is 14.9 Å². The highest BCUT2D eigenvalue weighted by Gasteiger charge is 2.17. The fourth-order valence-electron chi connectivity index (χ4n) is 1.03.